The first-order chi connectivity index (χ1) is 15.1. The van der Waals surface area contributed by atoms with Crippen LogP contribution in [-0.4, -0.2) is 75.5 Å². The molecule has 0 bridgehead atoms. The molecule has 7 nitrogen and oxygen atoms in total. The van der Waals surface area contributed by atoms with Gasteiger partial charge in [-0.25, -0.2) is 0 Å². The molecule has 0 atom stereocenters. The highest BCUT2D eigenvalue weighted by molar-refractivity contribution is 6.00. The number of piperazine rings is 1. The second-order valence-corrected chi connectivity index (χ2v) is 7.50. The van der Waals surface area contributed by atoms with Crippen molar-refractivity contribution in [1.29, 1.82) is 0 Å². The Morgan fingerprint density at radius 2 is 1.68 bits per heavy atom. The van der Waals surface area contributed by atoms with Crippen molar-refractivity contribution >= 4 is 12.2 Å². The highest BCUT2D eigenvalue weighted by Crippen LogP contribution is 2.26. The van der Waals surface area contributed by atoms with E-state index >= 15 is 0 Å². The molecule has 31 heavy (non-hydrogen) atoms. The number of rotatable bonds is 11. The summed E-state index contributed by atoms with van der Waals surface area (Å²) in [6.07, 6.45) is 2.10. The summed E-state index contributed by atoms with van der Waals surface area (Å²) in [4.78, 5) is 27.7. The average molecular weight is 427 g/mol. The van der Waals surface area contributed by atoms with E-state index < -0.39 is 0 Å². The predicted octanol–water partition coefficient (Wildman–Crippen LogP) is 2.67. The van der Waals surface area contributed by atoms with Gasteiger partial charge in [-0.2, -0.15) is 0 Å². The van der Waals surface area contributed by atoms with Crippen molar-refractivity contribution < 1.29 is 23.8 Å². The molecule has 2 aromatic carbocycles. The zero-order valence-electron chi connectivity index (χ0n) is 18.2. The largest absolute Gasteiger partial charge is 0.497 e. The summed E-state index contributed by atoms with van der Waals surface area (Å²) in [7, 11) is 3.17. The molecule has 0 aliphatic carbocycles. The van der Waals surface area contributed by atoms with Crippen LogP contribution in [0.15, 0.2) is 42.5 Å². The van der Waals surface area contributed by atoms with E-state index in [2.05, 4.69) is 4.90 Å². The minimum absolute atomic E-state index is 0.0111. The predicted molar refractivity (Wildman–Crippen MR) is 118 cm³/mol. The van der Waals surface area contributed by atoms with Crippen molar-refractivity contribution in [2.24, 2.45) is 0 Å². The van der Waals surface area contributed by atoms with Crippen LogP contribution in [0, 0.1) is 0 Å². The molecule has 2 aromatic rings. The third-order valence-corrected chi connectivity index (χ3v) is 5.44. The first-order valence-electron chi connectivity index (χ1n) is 10.5. The van der Waals surface area contributed by atoms with Crippen LogP contribution in [0.2, 0.25) is 0 Å². The van der Waals surface area contributed by atoms with Crippen molar-refractivity contribution in [3.63, 3.8) is 0 Å². The number of carbonyl (C=O) groups is 2. The molecule has 166 valence electrons. The molecule has 7 heteroatoms. The number of Topliss-reactive ketones (excluding diaryl/α,β-unsaturated/α-hetero) is 1. The van der Waals surface area contributed by atoms with Crippen molar-refractivity contribution in [3.8, 4) is 17.2 Å². The second kappa shape index (κ2) is 11.4. The molecule has 0 saturated carbocycles. The Balaban J connectivity index is 1.49. The molecular weight excluding hydrogens is 396 g/mol. The standard InChI is InChI=1S/C24H30N2O5/c1-29-20-6-4-19(5-7-20)16-23(28)22-9-8-21(17-24(22)30-2)31-15-3-10-25-11-13-26(18-27)14-12-25/h4-9,17-18H,3,10-16H2,1-2H3. The maximum absolute atomic E-state index is 12.8. The Kier molecular flexibility index (Phi) is 8.29. The van der Waals surface area contributed by atoms with E-state index in [1.54, 1.807) is 31.3 Å². The van der Waals surface area contributed by atoms with Crippen LogP contribution < -0.4 is 14.2 Å². The van der Waals surface area contributed by atoms with E-state index in [4.69, 9.17) is 14.2 Å². The van der Waals surface area contributed by atoms with Crippen molar-refractivity contribution in [1.82, 2.24) is 9.80 Å². The molecule has 1 aliphatic heterocycles. The average Bonchev–Trinajstić information content (AvgIpc) is 2.82. The molecule has 0 radical (unpaired) electrons. The first-order valence-corrected chi connectivity index (χ1v) is 10.5. The van der Waals surface area contributed by atoms with Gasteiger partial charge in [0, 0.05) is 45.2 Å². The van der Waals surface area contributed by atoms with Crippen molar-refractivity contribution in [3.05, 3.63) is 53.6 Å². The minimum Gasteiger partial charge on any atom is -0.497 e. The third kappa shape index (κ3) is 6.46. The second-order valence-electron chi connectivity index (χ2n) is 7.50. The number of amides is 1. The number of ether oxygens (including phenoxy) is 3. The van der Waals surface area contributed by atoms with Gasteiger partial charge in [-0.3, -0.25) is 14.5 Å². The summed E-state index contributed by atoms with van der Waals surface area (Å²) < 4.78 is 16.5. The SMILES string of the molecule is COc1ccc(CC(=O)c2ccc(OCCCN3CCN(C=O)CC3)cc2OC)cc1. The zero-order chi connectivity index (χ0) is 22.1. The lowest BCUT2D eigenvalue weighted by Gasteiger charge is -2.32. The fourth-order valence-corrected chi connectivity index (χ4v) is 3.59. The number of benzene rings is 2. The van der Waals surface area contributed by atoms with Crippen LogP contribution in [0.4, 0.5) is 0 Å². The maximum Gasteiger partial charge on any atom is 0.209 e. The molecule has 1 aliphatic rings. The molecule has 1 heterocycles. The van der Waals surface area contributed by atoms with E-state index in [1.165, 1.54) is 0 Å². The number of carbonyl (C=O) groups excluding carboxylic acids is 2. The molecule has 3 rings (SSSR count). The van der Waals surface area contributed by atoms with Gasteiger partial charge in [0.1, 0.15) is 17.2 Å². The molecule has 0 N–H and O–H groups in total. The van der Waals surface area contributed by atoms with Gasteiger partial charge in [0.15, 0.2) is 5.78 Å². The molecule has 0 aromatic heterocycles. The quantitative estimate of drug-likeness (QED) is 0.313. The summed E-state index contributed by atoms with van der Waals surface area (Å²) in [5.74, 6) is 1.95. The Bertz CT molecular complexity index is 861. The smallest absolute Gasteiger partial charge is 0.209 e. The Morgan fingerprint density at radius 3 is 2.32 bits per heavy atom. The molecule has 0 unspecified atom stereocenters. The fraction of sp³-hybridized carbons (Fsp3) is 0.417. The van der Waals surface area contributed by atoms with E-state index in [1.807, 2.05) is 30.3 Å². The summed E-state index contributed by atoms with van der Waals surface area (Å²) in [5.41, 5.74) is 1.46. The summed E-state index contributed by atoms with van der Waals surface area (Å²) >= 11 is 0. The van der Waals surface area contributed by atoms with Crippen molar-refractivity contribution in [2.45, 2.75) is 12.8 Å². The van der Waals surface area contributed by atoms with Crippen LogP contribution in [0.25, 0.3) is 0 Å². The number of hydrogen-bond donors (Lipinski definition) is 0. The highest BCUT2D eigenvalue weighted by Gasteiger charge is 2.16. The normalized spacial score (nSPS) is 14.2. The van der Waals surface area contributed by atoms with Gasteiger partial charge in [-0.15, -0.1) is 0 Å². The van der Waals surface area contributed by atoms with E-state index in [0.29, 0.717) is 23.7 Å². The lowest BCUT2D eigenvalue weighted by molar-refractivity contribution is -0.119. The van der Waals surface area contributed by atoms with Gasteiger partial charge in [0.25, 0.3) is 0 Å². The van der Waals surface area contributed by atoms with Gasteiger partial charge in [-0.05, 0) is 36.2 Å². The molecule has 0 spiro atoms. The Morgan fingerprint density at radius 1 is 0.968 bits per heavy atom. The summed E-state index contributed by atoms with van der Waals surface area (Å²) in [5, 5.41) is 0. The van der Waals surface area contributed by atoms with Crippen LogP contribution in [0.5, 0.6) is 17.2 Å². The lowest BCUT2D eigenvalue weighted by Crippen LogP contribution is -2.46. The highest BCUT2D eigenvalue weighted by atomic mass is 16.5. The number of nitrogens with zero attached hydrogens (tertiary/aromatic N) is 2. The van der Waals surface area contributed by atoms with E-state index in [-0.39, 0.29) is 12.2 Å². The Labute approximate surface area is 183 Å². The molecule has 1 fully saturated rings. The van der Waals surface area contributed by atoms with E-state index in [9.17, 15) is 9.59 Å². The topological polar surface area (TPSA) is 68.3 Å². The van der Waals surface area contributed by atoms with Crippen LogP contribution in [-0.2, 0) is 11.2 Å². The minimum atomic E-state index is -0.0111. The molecule has 1 saturated heterocycles. The number of methoxy groups -OCH3 is 2. The van der Waals surface area contributed by atoms with Crippen LogP contribution in [0.1, 0.15) is 22.3 Å². The Hall–Kier alpha value is -3.06. The molecular formula is C24H30N2O5. The zero-order valence-corrected chi connectivity index (χ0v) is 18.2. The summed E-state index contributed by atoms with van der Waals surface area (Å²) in [6, 6.07) is 12.8. The van der Waals surface area contributed by atoms with Gasteiger partial charge < -0.3 is 19.1 Å². The number of ketones is 1. The van der Waals surface area contributed by atoms with E-state index in [0.717, 1.165) is 56.9 Å². The van der Waals surface area contributed by atoms with Gasteiger partial charge in [-0.1, -0.05) is 12.1 Å². The van der Waals surface area contributed by atoms with Gasteiger partial charge in [0.05, 0.1) is 26.4 Å². The van der Waals surface area contributed by atoms with Crippen molar-refractivity contribution in [2.75, 3.05) is 53.6 Å². The van der Waals surface area contributed by atoms with Crippen LogP contribution in [0.3, 0.4) is 0 Å². The maximum atomic E-state index is 12.8. The monoisotopic (exact) mass is 426 g/mol. The number of hydrogen-bond acceptors (Lipinski definition) is 6. The first kappa shape index (κ1) is 22.6. The lowest BCUT2D eigenvalue weighted by atomic mass is 10.0. The van der Waals surface area contributed by atoms with Gasteiger partial charge in [0.2, 0.25) is 6.41 Å². The molecule has 1 amide bonds. The third-order valence-electron chi connectivity index (χ3n) is 5.44. The summed E-state index contributed by atoms with van der Waals surface area (Å²) in [6.45, 7) is 4.88. The van der Waals surface area contributed by atoms with Crippen LogP contribution >= 0.6 is 0 Å². The fourth-order valence-electron chi connectivity index (χ4n) is 3.59. The van der Waals surface area contributed by atoms with Gasteiger partial charge >= 0.3 is 0 Å².